The van der Waals surface area contributed by atoms with Crippen LogP contribution < -0.4 is 10.1 Å². The third-order valence-corrected chi connectivity index (χ3v) is 4.78. The van der Waals surface area contributed by atoms with Crippen LogP contribution in [0.25, 0.3) is 0 Å². The SMILES string of the molecule is CN(CC(=O)NCCCOc1ccccc1)C(=O)c1ccc(Br)s1. The van der Waals surface area contributed by atoms with Crippen LogP contribution in [-0.2, 0) is 4.79 Å². The highest BCUT2D eigenvalue weighted by molar-refractivity contribution is 9.11. The van der Waals surface area contributed by atoms with Gasteiger partial charge in [0, 0.05) is 13.6 Å². The third kappa shape index (κ3) is 5.98. The number of benzene rings is 1. The summed E-state index contributed by atoms with van der Waals surface area (Å²) in [6, 6.07) is 13.1. The van der Waals surface area contributed by atoms with Crippen LogP contribution in [0, 0.1) is 0 Å². The highest BCUT2D eigenvalue weighted by Crippen LogP contribution is 2.22. The van der Waals surface area contributed by atoms with Gasteiger partial charge in [0.15, 0.2) is 0 Å². The normalized spacial score (nSPS) is 10.2. The first kappa shape index (κ1) is 18.5. The second-order valence-corrected chi connectivity index (χ2v) is 7.59. The molecule has 2 amide bonds. The lowest BCUT2D eigenvalue weighted by atomic mass is 10.3. The first-order valence-corrected chi connectivity index (χ1v) is 9.12. The van der Waals surface area contributed by atoms with Gasteiger partial charge < -0.3 is 15.0 Å². The fourth-order valence-corrected chi connectivity index (χ4v) is 3.35. The average molecular weight is 411 g/mol. The Bertz CT molecular complexity index is 675. The number of carbonyl (C=O) groups excluding carboxylic acids is 2. The van der Waals surface area contributed by atoms with E-state index in [9.17, 15) is 9.59 Å². The van der Waals surface area contributed by atoms with Crippen LogP contribution in [0.15, 0.2) is 46.3 Å². The van der Waals surface area contributed by atoms with Gasteiger partial charge >= 0.3 is 0 Å². The zero-order valence-electron chi connectivity index (χ0n) is 13.3. The summed E-state index contributed by atoms with van der Waals surface area (Å²) >= 11 is 4.67. The van der Waals surface area contributed by atoms with E-state index in [1.165, 1.54) is 16.2 Å². The van der Waals surface area contributed by atoms with Gasteiger partial charge in [-0.3, -0.25) is 9.59 Å². The number of thiophene rings is 1. The molecule has 0 fully saturated rings. The van der Waals surface area contributed by atoms with E-state index in [4.69, 9.17) is 4.74 Å². The van der Waals surface area contributed by atoms with E-state index in [2.05, 4.69) is 21.2 Å². The van der Waals surface area contributed by atoms with E-state index in [-0.39, 0.29) is 18.4 Å². The predicted molar refractivity (Wildman–Crippen MR) is 98.5 cm³/mol. The molecular weight excluding hydrogens is 392 g/mol. The predicted octanol–water partition coefficient (Wildman–Crippen LogP) is 3.17. The summed E-state index contributed by atoms with van der Waals surface area (Å²) in [7, 11) is 1.62. The first-order valence-electron chi connectivity index (χ1n) is 7.51. The maximum Gasteiger partial charge on any atom is 0.264 e. The van der Waals surface area contributed by atoms with Crippen LogP contribution in [0.4, 0.5) is 0 Å². The van der Waals surface area contributed by atoms with E-state index >= 15 is 0 Å². The molecular formula is C17H19BrN2O3S. The molecule has 1 aromatic carbocycles. The van der Waals surface area contributed by atoms with E-state index in [0.29, 0.717) is 24.4 Å². The average Bonchev–Trinajstić information content (AvgIpc) is 3.01. The second kappa shape index (κ2) is 9.44. The molecule has 0 bridgehead atoms. The Morgan fingerprint density at radius 1 is 1.21 bits per heavy atom. The van der Waals surface area contributed by atoms with Crippen LogP contribution in [0.5, 0.6) is 5.75 Å². The van der Waals surface area contributed by atoms with Gasteiger partial charge in [-0.25, -0.2) is 0 Å². The number of rotatable bonds is 8. The molecule has 1 aromatic heterocycles. The third-order valence-electron chi connectivity index (χ3n) is 3.17. The molecule has 1 N–H and O–H groups in total. The first-order chi connectivity index (χ1) is 11.6. The molecule has 5 nitrogen and oxygen atoms in total. The summed E-state index contributed by atoms with van der Waals surface area (Å²) < 4.78 is 6.44. The van der Waals surface area contributed by atoms with Crippen LogP contribution in [0.2, 0.25) is 0 Å². The van der Waals surface area contributed by atoms with Gasteiger partial charge in [-0.1, -0.05) is 18.2 Å². The van der Waals surface area contributed by atoms with Gasteiger partial charge in [0.1, 0.15) is 5.75 Å². The number of para-hydroxylation sites is 1. The monoisotopic (exact) mass is 410 g/mol. The van der Waals surface area contributed by atoms with E-state index in [1.807, 2.05) is 36.4 Å². The highest BCUT2D eigenvalue weighted by Gasteiger charge is 2.16. The zero-order valence-corrected chi connectivity index (χ0v) is 15.7. The number of nitrogens with one attached hydrogen (secondary N) is 1. The minimum Gasteiger partial charge on any atom is -0.494 e. The molecule has 0 aliphatic carbocycles. The molecule has 7 heteroatoms. The zero-order chi connectivity index (χ0) is 17.4. The van der Waals surface area contributed by atoms with Gasteiger partial charge in [0.25, 0.3) is 5.91 Å². The molecule has 0 aliphatic heterocycles. The highest BCUT2D eigenvalue weighted by atomic mass is 79.9. The Kier molecular flexibility index (Phi) is 7.27. The van der Waals surface area contributed by atoms with Crippen molar-refractivity contribution in [3.8, 4) is 5.75 Å². The Morgan fingerprint density at radius 2 is 1.96 bits per heavy atom. The maximum absolute atomic E-state index is 12.1. The Morgan fingerprint density at radius 3 is 2.62 bits per heavy atom. The molecule has 0 unspecified atom stereocenters. The molecule has 0 saturated carbocycles. The molecule has 1 heterocycles. The number of ether oxygens (including phenoxy) is 1. The van der Waals surface area contributed by atoms with Crippen LogP contribution >= 0.6 is 27.3 Å². The number of hydrogen-bond acceptors (Lipinski definition) is 4. The van der Waals surface area contributed by atoms with Crippen molar-refractivity contribution in [2.45, 2.75) is 6.42 Å². The van der Waals surface area contributed by atoms with Crippen molar-refractivity contribution >= 4 is 39.1 Å². The number of hydrogen-bond donors (Lipinski definition) is 1. The topological polar surface area (TPSA) is 58.6 Å². The van der Waals surface area contributed by atoms with Crippen molar-refractivity contribution in [3.63, 3.8) is 0 Å². The molecule has 24 heavy (non-hydrogen) atoms. The smallest absolute Gasteiger partial charge is 0.264 e. The van der Waals surface area contributed by atoms with Crippen molar-refractivity contribution < 1.29 is 14.3 Å². The molecule has 0 spiro atoms. The summed E-state index contributed by atoms with van der Waals surface area (Å²) in [6.45, 7) is 1.08. The lowest BCUT2D eigenvalue weighted by Crippen LogP contribution is -2.38. The second-order valence-electron chi connectivity index (χ2n) is 5.13. The van der Waals surface area contributed by atoms with Gasteiger partial charge in [-0.2, -0.15) is 0 Å². The Balaban J connectivity index is 1.63. The molecule has 0 aliphatic rings. The van der Waals surface area contributed by atoms with Gasteiger partial charge in [-0.15, -0.1) is 11.3 Å². The van der Waals surface area contributed by atoms with Crippen LogP contribution in [0.3, 0.4) is 0 Å². The van der Waals surface area contributed by atoms with Crippen LogP contribution in [-0.4, -0.2) is 43.5 Å². The molecule has 0 saturated heterocycles. The Labute approximate surface area is 153 Å². The molecule has 0 atom stereocenters. The van der Waals surface area contributed by atoms with Gasteiger partial charge in [-0.05, 0) is 46.6 Å². The van der Waals surface area contributed by atoms with Gasteiger partial charge in [0.2, 0.25) is 5.91 Å². The lowest BCUT2D eigenvalue weighted by molar-refractivity contribution is -0.121. The van der Waals surface area contributed by atoms with Crippen molar-refractivity contribution in [2.24, 2.45) is 0 Å². The minimum absolute atomic E-state index is 0.0356. The summed E-state index contributed by atoms with van der Waals surface area (Å²) in [4.78, 5) is 26.0. The van der Waals surface area contributed by atoms with Crippen molar-refractivity contribution in [3.05, 3.63) is 51.1 Å². The summed E-state index contributed by atoms with van der Waals surface area (Å²) in [5, 5.41) is 2.79. The fourth-order valence-electron chi connectivity index (χ4n) is 1.97. The molecule has 128 valence electrons. The summed E-state index contributed by atoms with van der Waals surface area (Å²) in [6.07, 6.45) is 0.705. The molecule has 0 radical (unpaired) electrons. The summed E-state index contributed by atoms with van der Waals surface area (Å²) in [5.41, 5.74) is 0. The van der Waals surface area contributed by atoms with Crippen LogP contribution in [0.1, 0.15) is 16.1 Å². The molecule has 2 rings (SSSR count). The number of carbonyl (C=O) groups is 2. The number of likely N-dealkylation sites (N-methyl/N-ethyl adjacent to an activating group) is 1. The van der Waals surface area contributed by atoms with E-state index in [1.54, 1.807) is 13.1 Å². The van der Waals surface area contributed by atoms with Crippen molar-refractivity contribution in [1.29, 1.82) is 0 Å². The Hall–Kier alpha value is -1.86. The van der Waals surface area contributed by atoms with Crippen molar-refractivity contribution in [1.82, 2.24) is 10.2 Å². The number of halogens is 1. The standard InChI is InChI=1S/C17H19BrN2O3S/c1-20(17(22)14-8-9-15(18)24-14)12-16(21)19-10-5-11-23-13-6-3-2-4-7-13/h2-4,6-9H,5,10-12H2,1H3,(H,19,21). The lowest BCUT2D eigenvalue weighted by Gasteiger charge is -2.16. The van der Waals surface area contributed by atoms with Crippen molar-refractivity contribution in [2.75, 3.05) is 26.7 Å². The minimum atomic E-state index is -0.179. The summed E-state index contributed by atoms with van der Waals surface area (Å²) in [5.74, 6) is 0.478. The quantitative estimate of drug-likeness (QED) is 0.679. The fraction of sp³-hybridized carbons (Fsp3) is 0.294. The largest absolute Gasteiger partial charge is 0.494 e. The number of nitrogens with zero attached hydrogens (tertiary/aromatic N) is 1. The van der Waals surface area contributed by atoms with E-state index < -0.39 is 0 Å². The van der Waals surface area contributed by atoms with Gasteiger partial charge in [0.05, 0.1) is 21.8 Å². The number of amides is 2. The van der Waals surface area contributed by atoms with E-state index in [0.717, 1.165) is 9.54 Å². The maximum atomic E-state index is 12.1. The molecule has 2 aromatic rings.